The van der Waals surface area contributed by atoms with Gasteiger partial charge in [0.15, 0.2) is 18.2 Å². The fraction of sp³-hybridized carbons (Fsp3) is 0.594. The lowest BCUT2D eigenvalue weighted by Gasteiger charge is -2.40. The van der Waals surface area contributed by atoms with Gasteiger partial charge in [-0.3, -0.25) is 24.0 Å². The van der Waals surface area contributed by atoms with Gasteiger partial charge in [-0.15, -0.1) is 0 Å². The Morgan fingerprint density at radius 2 is 1.84 bits per heavy atom. The number of rotatable bonds is 12. The standard InChI is InChI=1S/C32H44N4O9/c1-19(2)36(27(38)15-34-29(40)23-14-21-22(35-23)10-7-11-26(21)42-6)24(13-20-9-8-12-33-28(20)39)25(37)16-43-30(41)32(5)17-44-31(3,4)45-18-32/h7,10-11,14,19-20,24,35H,8-9,12-13,15-18H2,1-6H3,(H,33,39)(H,34,40)/t20-,24-/m0/s1. The van der Waals surface area contributed by atoms with Crippen molar-refractivity contribution in [3.05, 3.63) is 30.0 Å². The maximum Gasteiger partial charge on any atom is 0.316 e. The molecule has 2 fully saturated rings. The number of H-pyrrole nitrogens is 1. The average molecular weight is 629 g/mol. The van der Waals surface area contributed by atoms with Crippen LogP contribution in [0.25, 0.3) is 10.9 Å². The van der Waals surface area contributed by atoms with E-state index in [0.29, 0.717) is 24.2 Å². The number of piperidine rings is 1. The van der Waals surface area contributed by atoms with E-state index in [0.717, 1.165) is 11.8 Å². The Morgan fingerprint density at radius 3 is 2.49 bits per heavy atom. The lowest BCUT2D eigenvalue weighted by molar-refractivity contribution is -0.281. The van der Waals surface area contributed by atoms with Gasteiger partial charge in [0.1, 0.15) is 16.9 Å². The molecule has 2 aliphatic rings. The van der Waals surface area contributed by atoms with Crippen LogP contribution in [-0.4, -0.2) is 97.2 Å². The van der Waals surface area contributed by atoms with Gasteiger partial charge in [-0.1, -0.05) is 6.07 Å². The lowest BCUT2D eigenvalue weighted by Crippen LogP contribution is -2.55. The number of Topliss-reactive ketones (excluding diaryl/α,β-unsaturated/α-hetero) is 1. The Labute approximate surface area is 262 Å². The molecule has 0 radical (unpaired) electrons. The van der Waals surface area contributed by atoms with Gasteiger partial charge in [-0.25, -0.2) is 0 Å². The fourth-order valence-electron chi connectivity index (χ4n) is 5.60. The van der Waals surface area contributed by atoms with E-state index in [1.165, 1.54) is 12.0 Å². The summed E-state index contributed by atoms with van der Waals surface area (Å²) >= 11 is 0. The third-order valence-electron chi connectivity index (χ3n) is 8.26. The Kier molecular flexibility index (Phi) is 10.5. The topological polar surface area (TPSA) is 165 Å². The molecular weight excluding hydrogens is 584 g/mol. The molecule has 0 saturated carbocycles. The molecule has 3 amide bonds. The second kappa shape index (κ2) is 14.0. The number of carbonyl (C=O) groups is 5. The van der Waals surface area contributed by atoms with Gasteiger partial charge < -0.3 is 39.5 Å². The van der Waals surface area contributed by atoms with Gasteiger partial charge in [-0.2, -0.15) is 0 Å². The minimum atomic E-state index is -1.11. The van der Waals surface area contributed by atoms with Crippen LogP contribution >= 0.6 is 0 Å². The van der Waals surface area contributed by atoms with Crippen molar-refractivity contribution in [2.45, 2.75) is 71.8 Å². The Morgan fingerprint density at radius 1 is 1.13 bits per heavy atom. The first-order chi connectivity index (χ1) is 21.2. The molecule has 1 aromatic carbocycles. The number of nitrogens with one attached hydrogen (secondary N) is 3. The molecule has 0 aliphatic carbocycles. The quantitative estimate of drug-likeness (QED) is 0.299. The Hall–Kier alpha value is -3.97. The summed E-state index contributed by atoms with van der Waals surface area (Å²) < 4.78 is 22.1. The first-order valence-corrected chi connectivity index (χ1v) is 15.3. The van der Waals surface area contributed by atoms with Crippen molar-refractivity contribution in [3.8, 4) is 5.75 Å². The van der Waals surface area contributed by atoms with Gasteiger partial charge in [0, 0.05) is 29.4 Å². The van der Waals surface area contributed by atoms with Gasteiger partial charge in [0.25, 0.3) is 5.91 Å². The van der Waals surface area contributed by atoms with Crippen LogP contribution in [0.5, 0.6) is 5.75 Å². The maximum atomic E-state index is 13.7. The number of aromatic nitrogens is 1. The summed E-state index contributed by atoms with van der Waals surface area (Å²) in [5.74, 6) is -3.16. The van der Waals surface area contributed by atoms with Crippen molar-refractivity contribution < 1.29 is 42.9 Å². The number of nitrogens with zero attached hydrogens (tertiary/aromatic N) is 1. The smallest absolute Gasteiger partial charge is 0.316 e. The van der Waals surface area contributed by atoms with E-state index in [2.05, 4.69) is 15.6 Å². The molecule has 3 N–H and O–H groups in total. The summed E-state index contributed by atoms with van der Waals surface area (Å²) in [5, 5.41) is 6.17. The zero-order chi connectivity index (χ0) is 32.9. The molecule has 45 heavy (non-hydrogen) atoms. The summed E-state index contributed by atoms with van der Waals surface area (Å²) in [6, 6.07) is 5.48. The number of ether oxygens (including phenoxy) is 4. The van der Waals surface area contributed by atoms with Crippen LogP contribution < -0.4 is 15.4 Å². The molecule has 246 valence electrons. The maximum absolute atomic E-state index is 13.7. The number of aromatic amines is 1. The third kappa shape index (κ3) is 8.01. The molecule has 13 heteroatoms. The van der Waals surface area contributed by atoms with Gasteiger partial charge in [0.05, 0.1) is 32.9 Å². The molecule has 0 unspecified atom stereocenters. The monoisotopic (exact) mass is 628 g/mol. The summed E-state index contributed by atoms with van der Waals surface area (Å²) in [7, 11) is 1.54. The van der Waals surface area contributed by atoms with E-state index in [1.807, 2.05) is 0 Å². The highest BCUT2D eigenvalue weighted by Gasteiger charge is 2.44. The highest BCUT2D eigenvalue weighted by Crippen LogP contribution is 2.31. The SMILES string of the molecule is COc1cccc2[nH]c(C(=O)NCC(=O)N(C(C)C)[C@@H](C[C@@H]3CCCNC3=O)C(=O)COC(=O)C3(C)COC(C)(C)OC3)cc12. The molecule has 2 aliphatic heterocycles. The molecular formula is C32H44N4O9. The van der Waals surface area contributed by atoms with Crippen LogP contribution in [0.1, 0.15) is 64.4 Å². The molecule has 2 saturated heterocycles. The van der Waals surface area contributed by atoms with Crippen molar-refractivity contribution >= 4 is 40.4 Å². The number of fused-ring (bicyclic) bond motifs is 1. The highest BCUT2D eigenvalue weighted by atomic mass is 16.7. The largest absolute Gasteiger partial charge is 0.496 e. The van der Waals surface area contributed by atoms with Crippen molar-refractivity contribution in [3.63, 3.8) is 0 Å². The zero-order valence-corrected chi connectivity index (χ0v) is 26.8. The summed E-state index contributed by atoms with van der Waals surface area (Å²) in [6.45, 7) is 8.26. The normalized spacial score (nSPS) is 19.8. The van der Waals surface area contributed by atoms with E-state index in [4.69, 9.17) is 18.9 Å². The van der Waals surface area contributed by atoms with Crippen LogP contribution in [0.4, 0.5) is 0 Å². The van der Waals surface area contributed by atoms with E-state index in [9.17, 15) is 24.0 Å². The average Bonchev–Trinajstić information content (AvgIpc) is 3.45. The first kappa shape index (κ1) is 33.9. The number of hydrogen-bond acceptors (Lipinski definition) is 9. The van der Waals surface area contributed by atoms with Crippen LogP contribution in [0.15, 0.2) is 24.3 Å². The second-order valence-electron chi connectivity index (χ2n) is 12.6. The van der Waals surface area contributed by atoms with E-state index >= 15 is 0 Å². The zero-order valence-electron chi connectivity index (χ0n) is 26.8. The molecule has 3 heterocycles. The van der Waals surface area contributed by atoms with E-state index in [-0.39, 0.29) is 31.2 Å². The third-order valence-corrected chi connectivity index (χ3v) is 8.26. The number of esters is 1. The second-order valence-corrected chi connectivity index (χ2v) is 12.6. The molecule has 2 atom stereocenters. The van der Waals surface area contributed by atoms with Crippen molar-refractivity contribution in [2.75, 3.05) is 40.0 Å². The summed E-state index contributed by atoms with van der Waals surface area (Å²) in [5.41, 5.74) is -0.173. The van der Waals surface area contributed by atoms with Gasteiger partial charge >= 0.3 is 5.97 Å². The number of carbonyl (C=O) groups excluding carboxylic acids is 5. The lowest BCUT2D eigenvalue weighted by atomic mass is 9.88. The summed E-state index contributed by atoms with van der Waals surface area (Å²) in [4.78, 5) is 70.5. The minimum Gasteiger partial charge on any atom is -0.496 e. The predicted octanol–water partition coefficient (Wildman–Crippen LogP) is 2.33. The number of hydrogen-bond donors (Lipinski definition) is 3. The molecule has 4 rings (SSSR count). The molecule has 1 aromatic heterocycles. The predicted molar refractivity (Wildman–Crippen MR) is 163 cm³/mol. The van der Waals surface area contributed by atoms with Crippen LogP contribution in [0.2, 0.25) is 0 Å². The van der Waals surface area contributed by atoms with Crippen molar-refractivity contribution in [1.82, 2.24) is 20.5 Å². The molecule has 13 nitrogen and oxygen atoms in total. The molecule has 0 bridgehead atoms. The molecule has 2 aromatic rings. The number of ketones is 1. The Bertz CT molecular complexity index is 1420. The van der Waals surface area contributed by atoms with Crippen LogP contribution in [0, 0.1) is 11.3 Å². The summed E-state index contributed by atoms with van der Waals surface area (Å²) in [6.07, 6.45) is 1.35. The van der Waals surface area contributed by atoms with Crippen LogP contribution in [0.3, 0.4) is 0 Å². The number of benzene rings is 1. The fourth-order valence-corrected chi connectivity index (χ4v) is 5.60. The molecule has 0 spiro atoms. The van der Waals surface area contributed by atoms with E-state index < -0.39 is 65.9 Å². The van der Waals surface area contributed by atoms with E-state index in [1.54, 1.807) is 58.9 Å². The van der Waals surface area contributed by atoms with Gasteiger partial charge in [0.2, 0.25) is 11.8 Å². The van der Waals surface area contributed by atoms with Crippen molar-refractivity contribution in [1.29, 1.82) is 0 Å². The first-order valence-electron chi connectivity index (χ1n) is 15.3. The Balaban J connectivity index is 1.47. The highest BCUT2D eigenvalue weighted by molar-refractivity contribution is 6.01. The number of amides is 3. The van der Waals surface area contributed by atoms with Crippen molar-refractivity contribution in [2.24, 2.45) is 11.3 Å². The van der Waals surface area contributed by atoms with Gasteiger partial charge in [-0.05, 0) is 72.1 Å². The van der Waals surface area contributed by atoms with Crippen LogP contribution in [-0.2, 0) is 33.4 Å². The minimum absolute atomic E-state index is 0.0537. The number of methoxy groups -OCH3 is 1.